The SMILES string of the molecule is CCOC(=O)C(Cc1ccccc1)C(O)C(N)[N+](=O)[O-]. The van der Waals surface area contributed by atoms with Crippen LogP contribution in [0.3, 0.4) is 0 Å². The molecule has 7 heteroatoms. The highest BCUT2D eigenvalue weighted by Gasteiger charge is 2.38. The van der Waals surface area contributed by atoms with E-state index >= 15 is 0 Å². The van der Waals surface area contributed by atoms with Crippen molar-refractivity contribution in [2.75, 3.05) is 6.61 Å². The molecule has 0 spiro atoms. The van der Waals surface area contributed by atoms with Gasteiger partial charge in [0.15, 0.2) is 0 Å². The summed E-state index contributed by atoms with van der Waals surface area (Å²) in [6.07, 6.45) is -3.21. The van der Waals surface area contributed by atoms with Crippen molar-refractivity contribution in [1.82, 2.24) is 0 Å². The molecule has 0 fully saturated rings. The van der Waals surface area contributed by atoms with Gasteiger partial charge in [-0.2, -0.15) is 0 Å². The second kappa shape index (κ2) is 7.56. The van der Waals surface area contributed by atoms with Crippen LogP contribution in [-0.4, -0.2) is 34.9 Å². The number of benzene rings is 1. The molecule has 0 bridgehead atoms. The van der Waals surface area contributed by atoms with E-state index < -0.39 is 29.1 Å². The zero-order chi connectivity index (χ0) is 15.1. The number of aliphatic hydroxyl groups is 1. The van der Waals surface area contributed by atoms with Gasteiger partial charge in [-0.25, -0.2) is 0 Å². The Morgan fingerprint density at radius 2 is 2.05 bits per heavy atom. The molecule has 0 saturated carbocycles. The number of esters is 1. The standard InChI is InChI=1S/C13H18N2O5/c1-2-20-13(17)10(11(16)12(14)15(18)19)8-9-6-4-3-5-7-9/h3-7,10-12,16H,2,8,14H2,1H3. The summed E-state index contributed by atoms with van der Waals surface area (Å²) in [5.41, 5.74) is 6.06. The Bertz CT molecular complexity index is 451. The number of aliphatic hydroxyl groups excluding tert-OH is 1. The molecule has 0 heterocycles. The van der Waals surface area contributed by atoms with Crippen molar-refractivity contribution < 1.29 is 19.6 Å². The highest BCUT2D eigenvalue weighted by atomic mass is 16.6. The van der Waals surface area contributed by atoms with Gasteiger partial charge in [-0.1, -0.05) is 30.3 Å². The van der Waals surface area contributed by atoms with Crippen molar-refractivity contribution in [3.8, 4) is 0 Å². The normalized spacial score (nSPS) is 15.2. The molecule has 0 aliphatic heterocycles. The third kappa shape index (κ3) is 4.29. The first-order valence-corrected chi connectivity index (χ1v) is 6.25. The van der Waals surface area contributed by atoms with Gasteiger partial charge >= 0.3 is 5.97 Å². The predicted molar refractivity (Wildman–Crippen MR) is 71.2 cm³/mol. The molecule has 3 unspecified atom stereocenters. The molecule has 1 aromatic rings. The van der Waals surface area contributed by atoms with Crippen molar-refractivity contribution in [3.05, 3.63) is 46.0 Å². The van der Waals surface area contributed by atoms with E-state index in [4.69, 9.17) is 10.5 Å². The monoisotopic (exact) mass is 282 g/mol. The zero-order valence-corrected chi connectivity index (χ0v) is 11.1. The van der Waals surface area contributed by atoms with E-state index in [2.05, 4.69) is 0 Å². The lowest BCUT2D eigenvalue weighted by Gasteiger charge is -2.21. The van der Waals surface area contributed by atoms with Crippen LogP contribution in [0, 0.1) is 16.0 Å². The van der Waals surface area contributed by atoms with Gasteiger partial charge in [-0.3, -0.25) is 20.6 Å². The minimum absolute atomic E-state index is 0.127. The lowest BCUT2D eigenvalue weighted by Crippen LogP contribution is -2.48. The van der Waals surface area contributed by atoms with Crippen molar-refractivity contribution in [2.24, 2.45) is 11.7 Å². The summed E-state index contributed by atoms with van der Waals surface area (Å²) >= 11 is 0. The van der Waals surface area contributed by atoms with Gasteiger partial charge in [-0.15, -0.1) is 0 Å². The van der Waals surface area contributed by atoms with Crippen LogP contribution in [0.25, 0.3) is 0 Å². The zero-order valence-electron chi connectivity index (χ0n) is 11.1. The van der Waals surface area contributed by atoms with Gasteiger partial charge in [0.25, 0.3) is 6.17 Å². The van der Waals surface area contributed by atoms with Gasteiger partial charge < -0.3 is 9.84 Å². The third-order valence-corrected chi connectivity index (χ3v) is 2.89. The van der Waals surface area contributed by atoms with Gasteiger partial charge in [0.2, 0.25) is 0 Å². The molecule has 3 atom stereocenters. The molecule has 0 saturated heterocycles. The van der Waals surface area contributed by atoms with Crippen LogP contribution >= 0.6 is 0 Å². The molecule has 0 aliphatic rings. The number of nitro groups is 1. The minimum Gasteiger partial charge on any atom is -0.466 e. The molecule has 3 N–H and O–H groups in total. The van der Waals surface area contributed by atoms with Crippen molar-refractivity contribution in [1.29, 1.82) is 0 Å². The van der Waals surface area contributed by atoms with Crippen molar-refractivity contribution >= 4 is 5.97 Å². The predicted octanol–water partition coefficient (Wildman–Crippen LogP) is 0.331. The van der Waals surface area contributed by atoms with Crippen LogP contribution in [0.5, 0.6) is 0 Å². The Morgan fingerprint density at radius 1 is 1.45 bits per heavy atom. The maximum absolute atomic E-state index is 11.9. The fourth-order valence-electron chi connectivity index (χ4n) is 1.82. The smallest absolute Gasteiger partial charge is 0.312 e. The molecule has 0 aromatic heterocycles. The Kier molecular flexibility index (Phi) is 6.08. The summed E-state index contributed by atoms with van der Waals surface area (Å²) in [7, 11) is 0. The quantitative estimate of drug-likeness (QED) is 0.322. The molecule has 0 aliphatic carbocycles. The number of nitrogens with two attached hydrogens (primary N) is 1. The summed E-state index contributed by atoms with van der Waals surface area (Å²) in [6, 6.07) is 8.88. The average Bonchev–Trinajstić information content (AvgIpc) is 2.44. The number of carbonyl (C=O) groups excluding carboxylic acids is 1. The Hall–Kier alpha value is -1.99. The number of nitrogens with zero attached hydrogens (tertiary/aromatic N) is 1. The van der Waals surface area contributed by atoms with Crippen LogP contribution in [0.2, 0.25) is 0 Å². The number of ether oxygens (including phenoxy) is 1. The fraction of sp³-hybridized carbons (Fsp3) is 0.462. The molecular weight excluding hydrogens is 264 g/mol. The maximum atomic E-state index is 11.9. The van der Waals surface area contributed by atoms with Gasteiger partial charge in [0.1, 0.15) is 6.10 Å². The second-order valence-electron chi connectivity index (χ2n) is 4.31. The van der Waals surface area contributed by atoms with Gasteiger partial charge in [0.05, 0.1) is 12.5 Å². The lowest BCUT2D eigenvalue weighted by molar-refractivity contribution is -0.534. The molecule has 7 nitrogen and oxygen atoms in total. The van der Waals surface area contributed by atoms with E-state index in [1.807, 2.05) is 6.07 Å². The maximum Gasteiger partial charge on any atom is 0.312 e. The molecule has 110 valence electrons. The van der Waals surface area contributed by atoms with E-state index in [1.54, 1.807) is 31.2 Å². The first-order valence-electron chi connectivity index (χ1n) is 6.25. The van der Waals surface area contributed by atoms with Crippen LogP contribution < -0.4 is 5.73 Å². The molecule has 1 rings (SSSR count). The van der Waals surface area contributed by atoms with E-state index in [1.165, 1.54) is 0 Å². The Labute approximate surface area is 116 Å². The first-order chi connectivity index (χ1) is 9.47. The summed E-state index contributed by atoms with van der Waals surface area (Å²) in [4.78, 5) is 21.7. The van der Waals surface area contributed by atoms with Crippen LogP contribution in [0.15, 0.2) is 30.3 Å². The van der Waals surface area contributed by atoms with E-state index in [0.29, 0.717) is 0 Å². The topological polar surface area (TPSA) is 116 Å². The number of hydrogen-bond acceptors (Lipinski definition) is 6. The van der Waals surface area contributed by atoms with Gasteiger partial charge in [0, 0.05) is 4.92 Å². The van der Waals surface area contributed by atoms with Crippen LogP contribution in [0.4, 0.5) is 0 Å². The second-order valence-corrected chi connectivity index (χ2v) is 4.31. The van der Waals surface area contributed by atoms with E-state index in [-0.39, 0.29) is 13.0 Å². The molecule has 0 radical (unpaired) electrons. The van der Waals surface area contributed by atoms with Crippen LogP contribution in [-0.2, 0) is 16.0 Å². The van der Waals surface area contributed by atoms with Crippen molar-refractivity contribution in [2.45, 2.75) is 25.6 Å². The fourth-order valence-corrected chi connectivity index (χ4v) is 1.82. The molecular formula is C13H18N2O5. The number of carbonyl (C=O) groups is 1. The summed E-state index contributed by atoms with van der Waals surface area (Å²) < 4.78 is 4.85. The largest absolute Gasteiger partial charge is 0.466 e. The lowest BCUT2D eigenvalue weighted by atomic mass is 9.92. The minimum atomic E-state index is -1.73. The van der Waals surface area contributed by atoms with Crippen molar-refractivity contribution in [3.63, 3.8) is 0 Å². The molecule has 0 amide bonds. The average molecular weight is 282 g/mol. The van der Waals surface area contributed by atoms with Crippen LogP contribution in [0.1, 0.15) is 12.5 Å². The molecule has 20 heavy (non-hydrogen) atoms. The van der Waals surface area contributed by atoms with E-state index in [9.17, 15) is 20.0 Å². The number of rotatable bonds is 7. The highest BCUT2D eigenvalue weighted by Crippen LogP contribution is 2.17. The highest BCUT2D eigenvalue weighted by molar-refractivity contribution is 5.73. The summed E-state index contributed by atoms with van der Waals surface area (Å²) in [6.45, 7) is 1.75. The van der Waals surface area contributed by atoms with E-state index in [0.717, 1.165) is 5.56 Å². The molecule has 1 aromatic carbocycles. The first kappa shape index (κ1) is 16.1. The third-order valence-electron chi connectivity index (χ3n) is 2.89. The Balaban J connectivity index is 2.90. The Morgan fingerprint density at radius 3 is 2.55 bits per heavy atom. The van der Waals surface area contributed by atoms with Gasteiger partial charge in [-0.05, 0) is 18.9 Å². The summed E-state index contributed by atoms with van der Waals surface area (Å²) in [5.74, 6) is -1.76. The summed E-state index contributed by atoms with van der Waals surface area (Å²) in [5, 5.41) is 20.6. The number of hydrogen-bond donors (Lipinski definition) is 2.